The highest BCUT2D eigenvalue weighted by molar-refractivity contribution is 6.46. The molecule has 242 valence electrons. The van der Waals surface area contributed by atoms with Crippen LogP contribution >= 0.6 is 23.2 Å². The normalized spacial score (nSPS) is 24.1. The monoisotopic (exact) mass is 685 g/mol. The summed E-state index contributed by atoms with van der Waals surface area (Å²) in [5.74, 6) is -2.13. The van der Waals surface area contributed by atoms with Gasteiger partial charge in [-0.15, -0.1) is 0 Å². The number of allylic oxidation sites excluding steroid dienone is 2. The molecule has 0 spiro atoms. The molecule has 2 bridgehead atoms. The fourth-order valence-corrected chi connectivity index (χ4v) is 8.92. The quantitative estimate of drug-likeness (QED) is 0.162. The summed E-state index contributed by atoms with van der Waals surface area (Å²) in [5.41, 5.74) is 1.14. The Morgan fingerprint density at radius 1 is 0.551 bits per heavy atom. The highest BCUT2D eigenvalue weighted by Gasteiger charge is 2.82. The fourth-order valence-electron chi connectivity index (χ4n) is 8.54. The van der Waals surface area contributed by atoms with Crippen LogP contribution in [-0.4, -0.2) is 31.8 Å². The van der Waals surface area contributed by atoms with Crippen molar-refractivity contribution in [2.24, 2.45) is 11.8 Å². The summed E-state index contributed by atoms with van der Waals surface area (Å²) in [5, 5.41) is 0.299. The van der Waals surface area contributed by atoms with Crippen molar-refractivity contribution in [3.05, 3.63) is 160 Å². The topological polar surface area (TPSA) is 72.9 Å². The number of anilines is 1. The first-order valence-electron chi connectivity index (χ1n) is 15.8. The van der Waals surface area contributed by atoms with Gasteiger partial charge in [0, 0.05) is 0 Å². The molecule has 6 nitrogen and oxygen atoms in total. The molecule has 0 radical (unpaired) electrons. The van der Waals surface area contributed by atoms with Crippen LogP contribution in [0.2, 0.25) is 10.0 Å². The molecule has 8 heteroatoms. The second kappa shape index (κ2) is 11.5. The van der Waals surface area contributed by atoms with Gasteiger partial charge in [0.2, 0.25) is 11.8 Å². The first-order valence-corrected chi connectivity index (χ1v) is 16.6. The number of halogens is 2. The maximum Gasteiger partial charge on any atom is 0.239 e. The van der Waals surface area contributed by atoms with Crippen LogP contribution in [0.1, 0.15) is 22.3 Å². The molecule has 2 fully saturated rings. The minimum absolute atomic E-state index is 0.0887. The smallest absolute Gasteiger partial charge is 0.239 e. The molecular weight excluding hydrogens is 657 g/mol. The summed E-state index contributed by atoms with van der Waals surface area (Å²) < 4.78 is 11.0. The van der Waals surface area contributed by atoms with Crippen LogP contribution in [0.4, 0.5) is 5.69 Å². The summed E-state index contributed by atoms with van der Waals surface area (Å²) in [4.78, 5) is 47.5. The number of carbonyl (C=O) groups is 3. The second-order valence-electron chi connectivity index (χ2n) is 12.4. The predicted molar refractivity (Wildman–Crippen MR) is 190 cm³/mol. The summed E-state index contributed by atoms with van der Waals surface area (Å²) in [7, 11) is 3.19. The van der Waals surface area contributed by atoms with Gasteiger partial charge in [-0.05, 0) is 69.8 Å². The number of benzene rings is 5. The molecule has 5 aromatic rings. The zero-order valence-corrected chi connectivity index (χ0v) is 28.0. The molecule has 0 unspecified atom stereocenters. The predicted octanol–water partition coefficient (Wildman–Crippen LogP) is 8.20. The van der Waals surface area contributed by atoms with E-state index in [-0.39, 0.29) is 21.5 Å². The van der Waals surface area contributed by atoms with E-state index in [1.807, 2.05) is 109 Å². The van der Waals surface area contributed by atoms with E-state index in [0.29, 0.717) is 33.8 Å². The average Bonchev–Trinajstić information content (AvgIpc) is 3.65. The lowest BCUT2D eigenvalue weighted by Crippen LogP contribution is -2.45. The van der Waals surface area contributed by atoms with Gasteiger partial charge in [-0.25, -0.2) is 4.90 Å². The Kier molecular flexibility index (Phi) is 7.28. The van der Waals surface area contributed by atoms with Gasteiger partial charge in [0.25, 0.3) is 0 Å². The highest BCUT2D eigenvalue weighted by atomic mass is 35.5. The van der Waals surface area contributed by atoms with Crippen molar-refractivity contribution >= 4 is 57.6 Å². The third-order valence-electron chi connectivity index (χ3n) is 10.4. The maximum atomic E-state index is 16.0. The van der Waals surface area contributed by atoms with Crippen LogP contribution in [0.3, 0.4) is 0 Å². The molecule has 1 aliphatic heterocycles. The van der Waals surface area contributed by atoms with Gasteiger partial charge in [0.05, 0.1) is 52.6 Å². The van der Waals surface area contributed by atoms with Gasteiger partial charge >= 0.3 is 0 Å². The van der Waals surface area contributed by atoms with E-state index in [1.54, 1.807) is 32.4 Å². The maximum absolute atomic E-state index is 16.0. The lowest BCUT2D eigenvalue weighted by molar-refractivity contribution is -0.130. The van der Waals surface area contributed by atoms with Crippen molar-refractivity contribution in [3.8, 4) is 11.5 Å². The molecule has 1 saturated heterocycles. The lowest BCUT2D eigenvalue weighted by atomic mass is 9.59. The van der Waals surface area contributed by atoms with Gasteiger partial charge < -0.3 is 9.47 Å². The molecule has 2 aliphatic carbocycles. The van der Waals surface area contributed by atoms with E-state index < -0.39 is 34.5 Å². The van der Waals surface area contributed by atoms with Gasteiger partial charge in [0.15, 0.2) is 5.78 Å². The molecule has 1 heterocycles. The Labute approximate surface area is 293 Å². The number of amides is 2. The lowest BCUT2D eigenvalue weighted by Gasteiger charge is -2.39. The number of Topliss-reactive ketones (excluding diaryl/α,β-unsaturated/α-hetero) is 1. The number of ketones is 1. The van der Waals surface area contributed by atoms with Crippen molar-refractivity contribution in [3.63, 3.8) is 0 Å². The molecule has 4 atom stereocenters. The number of fused-ring (bicyclic) bond motifs is 5. The molecule has 0 N–H and O–H groups in total. The summed E-state index contributed by atoms with van der Waals surface area (Å²) in [6.45, 7) is 0. The summed E-state index contributed by atoms with van der Waals surface area (Å²) >= 11 is 13.1. The van der Waals surface area contributed by atoms with E-state index in [2.05, 4.69) is 0 Å². The minimum Gasteiger partial charge on any atom is -0.497 e. The largest absolute Gasteiger partial charge is 0.497 e. The van der Waals surface area contributed by atoms with Crippen LogP contribution in [0.5, 0.6) is 11.5 Å². The van der Waals surface area contributed by atoms with Crippen molar-refractivity contribution in [2.45, 2.75) is 10.8 Å². The zero-order chi connectivity index (χ0) is 34.1. The third kappa shape index (κ3) is 4.05. The molecule has 8 rings (SSSR count). The molecule has 3 aliphatic rings. The molecule has 5 aromatic carbocycles. The Morgan fingerprint density at radius 2 is 0.980 bits per heavy atom. The van der Waals surface area contributed by atoms with Gasteiger partial charge in [-0.3, -0.25) is 14.4 Å². The standard InChI is InChI=1S/C41H29Cl2NO5/c1-48-28-20-16-24(17-21-28)32-33(25-18-22-29(49-2)23-19-25)41(27-12-7-4-8-13-27)35-34(40(32,39(41)47)26-10-5-3-6-11-26)37(45)44(38(35)46)31-15-9-14-30(42)36(31)43/h3-23,34-35H,1-2H3/t34-,35+,40-,41-/m1/s1. The third-order valence-corrected chi connectivity index (χ3v) is 11.2. The number of hydrogen-bond donors (Lipinski definition) is 0. The first-order chi connectivity index (χ1) is 23.8. The van der Waals surface area contributed by atoms with Crippen molar-refractivity contribution in [1.82, 2.24) is 0 Å². The molecule has 1 saturated carbocycles. The number of hydrogen-bond acceptors (Lipinski definition) is 5. The highest BCUT2D eigenvalue weighted by Crippen LogP contribution is 2.74. The van der Waals surface area contributed by atoms with Gasteiger partial charge in [-0.1, -0.05) is 114 Å². The number of methoxy groups -OCH3 is 2. The molecular formula is C41H29Cl2NO5. The number of nitrogens with zero attached hydrogens (tertiary/aromatic N) is 1. The van der Waals surface area contributed by atoms with Crippen LogP contribution in [-0.2, 0) is 25.2 Å². The summed E-state index contributed by atoms with van der Waals surface area (Å²) in [6, 6.07) is 38.6. The second-order valence-corrected chi connectivity index (χ2v) is 13.2. The van der Waals surface area contributed by atoms with Crippen LogP contribution < -0.4 is 14.4 Å². The number of ether oxygens (including phenoxy) is 2. The SMILES string of the molecule is COc1ccc(C2=C(c3ccc(OC)cc3)[C@@]3(c4ccccc4)C(=O)[C@@]2(c2ccccc2)[C@@H]2C(=O)N(c4cccc(Cl)c4Cl)C(=O)[C@@H]23)cc1. The van der Waals surface area contributed by atoms with Crippen molar-refractivity contribution in [1.29, 1.82) is 0 Å². The Balaban J connectivity index is 1.55. The Morgan fingerprint density at radius 3 is 1.39 bits per heavy atom. The number of rotatable bonds is 7. The Hall–Kier alpha value is -5.17. The van der Waals surface area contributed by atoms with Crippen molar-refractivity contribution in [2.75, 3.05) is 19.1 Å². The Bertz CT molecular complexity index is 2050. The molecule has 2 amide bonds. The van der Waals surface area contributed by atoms with E-state index in [0.717, 1.165) is 16.0 Å². The summed E-state index contributed by atoms with van der Waals surface area (Å²) in [6.07, 6.45) is 0. The number of imide groups is 1. The number of carbonyl (C=O) groups excluding carboxylic acids is 3. The first kappa shape index (κ1) is 31.1. The van der Waals surface area contributed by atoms with E-state index in [9.17, 15) is 0 Å². The van der Waals surface area contributed by atoms with E-state index >= 15 is 14.4 Å². The van der Waals surface area contributed by atoms with Crippen LogP contribution in [0.15, 0.2) is 127 Å². The van der Waals surface area contributed by atoms with Gasteiger partial charge in [0.1, 0.15) is 11.5 Å². The van der Waals surface area contributed by atoms with E-state index in [4.69, 9.17) is 32.7 Å². The van der Waals surface area contributed by atoms with Crippen LogP contribution in [0, 0.1) is 11.8 Å². The molecule has 49 heavy (non-hydrogen) atoms. The average molecular weight is 687 g/mol. The minimum atomic E-state index is -1.56. The van der Waals surface area contributed by atoms with Gasteiger partial charge in [-0.2, -0.15) is 0 Å². The zero-order valence-electron chi connectivity index (χ0n) is 26.5. The molecule has 0 aromatic heterocycles. The van der Waals surface area contributed by atoms with E-state index in [1.165, 1.54) is 0 Å². The fraction of sp³-hybridized carbons (Fsp3) is 0.146. The van der Waals surface area contributed by atoms with Crippen molar-refractivity contribution < 1.29 is 23.9 Å². The van der Waals surface area contributed by atoms with Crippen LogP contribution in [0.25, 0.3) is 11.1 Å².